The molecule has 0 aliphatic heterocycles. The number of nitrogens with two attached hydrogens (primary N) is 1. The number of carbonyl (C=O) groups excluding carboxylic acids is 1. The first kappa shape index (κ1) is 15.3. The van der Waals surface area contributed by atoms with Gasteiger partial charge in [0.05, 0.1) is 11.7 Å². The molecule has 0 radical (unpaired) electrons. The summed E-state index contributed by atoms with van der Waals surface area (Å²) >= 11 is 0. The van der Waals surface area contributed by atoms with E-state index in [0.717, 1.165) is 11.3 Å². The zero-order valence-electron chi connectivity index (χ0n) is 12.7. The number of benzene rings is 1. The number of hydrogen-bond acceptors (Lipinski definition) is 3. The van der Waals surface area contributed by atoms with Crippen LogP contribution >= 0.6 is 0 Å². The van der Waals surface area contributed by atoms with Crippen molar-refractivity contribution in [1.29, 1.82) is 0 Å². The Balaban J connectivity index is 2.03. The van der Waals surface area contributed by atoms with Gasteiger partial charge in [-0.3, -0.25) is 4.79 Å². The van der Waals surface area contributed by atoms with Crippen molar-refractivity contribution in [3.05, 3.63) is 48.3 Å². The van der Waals surface area contributed by atoms with Crippen molar-refractivity contribution < 1.29 is 4.79 Å². The Morgan fingerprint density at radius 3 is 2.43 bits per heavy atom. The molecular formula is C16H22N4O. The van der Waals surface area contributed by atoms with Crippen molar-refractivity contribution in [2.45, 2.75) is 32.9 Å². The fourth-order valence-corrected chi connectivity index (χ4v) is 2.00. The second-order valence-electron chi connectivity index (χ2n) is 5.42. The smallest absolute Gasteiger partial charge is 0.224 e. The molecule has 1 amide bonds. The van der Waals surface area contributed by atoms with Gasteiger partial charge in [0.15, 0.2) is 0 Å². The third-order valence-electron chi connectivity index (χ3n) is 3.72. The quantitative estimate of drug-likeness (QED) is 0.883. The van der Waals surface area contributed by atoms with Crippen molar-refractivity contribution in [2.75, 3.05) is 0 Å². The lowest BCUT2D eigenvalue weighted by atomic mass is 10.0. The first-order valence-electron chi connectivity index (χ1n) is 7.15. The molecule has 0 aliphatic carbocycles. The molecule has 21 heavy (non-hydrogen) atoms. The summed E-state index contributed by atoms with van der Waals surface area (Å²) in [5.74, 6) is -0.218. The minimum absolute atomic E-state index is 0.0198. The van der Waals surface area contributed by atoms with Crippen molar-refractivity contribution in [1.82, 2.24) is 15.1 Å². The van der Waals surface area contributed by atoms with Crippen LogP contribution in [0.4, 0.5) is 0 Å². The SMILES string of the molecule is CC(NC(=O)C(C)C(C)N)c1ccc(-n2cccn2)cc1. The molecule has 5 nitrogen and oxygen atoms in total. The highest BCUT2D eigenvalue weighted by Crippen LogP contribution is 2.16. The Hall–Kier alpha value is -2.14. The molecule has 1 aromatic heterocycles. The van der Waals surface area contributed by atoms with E-state index in [1.807, 2.05) is 57.3 Å². The van der Waals surface area contributed by atoms with Crippen molar-refractivity contribution >= 4 is 5.91 Å². The second kappa shape index (κ2) is 6.54. The van der Waals surface area contributed by atoms with Gasteiger partial charge in [-0.2, -0.15) is 5.10 Å². The Labute approximate surface area is 125 Å². The highest BCUT2D eigenvalue weighted by atomic mass is 16.1. The zero-order valence-corrected chi connectivity index (χ0v) is 12.7. The molecular weight excluding hydrogens is 264 g/mol. The molecule has 0 saturated heterocycles. The van der Waals surface area contributed by atoms with E-state index in [4.69, 9.17) is 5.73 Å². The predicted molar refractivity (Wildman–Crippen MR) is 82.9 cm³/mol. The fourth-order valence-electron chi connectivity index (χ4n) is 2.00. The summed E-state index contributed by atoms with van der Waals surface area (Å²) in [5.41, 5.74) is 7.80. The van der Waals surface area contributed by atoms with Crippen LogP contribution in [0.25, 0.3) is 5.69 Å². The van der Waals surface area contributed by atoms with Gasteiger partial charge in [-0.05, 0) is 37.6 Å². The Bertz CT molecular complexity index is 575. The Morgan fingerprint density at radius 1 is 1.24 bits per heavy atom. The van der Waals surface area contributed by atoms with Crippen LogP contribution in [0.5, 0.6) is 0 Å². The molecule has 1 heterocycles. The highest BCUT2D eigenvalue weighted by Gasteiger charge is 2.19. The molecule has 0 bridgehead atoms. The summed E-state index contributed by atoms with van der Waals surface area (Å²) in [4.78, 5) is 12.0. The molecule has 5 heteroatoms. The lowest BCUT2D eigenvalue weighted by Gasteiger charge is -2.20. The Kier molecular flexibility index (Phi) is 4.75. The van der Waals surface area contributed by atoms with E-state index in [1.165, 1.54) is 0 Å². The number of nitrogens with one attached hydrogen (secondary N) is 1. The molecule has 0 fully saturated rings. The molecule has 3 N–H and O–H groups in total. The maximum Gasteiger partial charge on any atom is 0.224 e. The summed E-state index contributed by atoms with van der Waals surface area (Å²) in [5, 5.41) is 7.18. The third-order valence-corrected chi connectivity index (χ3v) is 3.72. The summed E-state index contributed by atoms with van der Waals surface area (Å²) in [7, 11) is 0. The predicted octanol–water partition coefficient (Wildman–Crippen LogP) is 2.03. The lowest BCUT2D eigenvalue weighted by molar-refractivity contribution is -0.125. The van der Waals surface area contributed by atoms with Gasteiger partial charge >= 0.3 is 0 Å². The van der Waals surface area contributed by atoms with Gasteiger partial charge in [-0.25, -0.2) is 4.68 Å². The molecule has 2 aromatic rings. The molecule has 3 atom stereocenters. The van der Waals surface area contributed by atoms with Crippen LogP contribution in [0.15, 0.2) is 42.7 Å². The lowest BCUT2D eigenvalue weighted by Crippen LogP contribution is -2.39. The number of nitrogens with zero attached hydrogens (tertiary/aromatic N) is 2. The zero-order chi connectivity index (χ0) is 15.4. The molecule has 0 saturated carbocycles. The van der Waals surface area contributed by atoms with E-state index in [-0.39, 0.29) is 23.9 Å². The van der Waals surface area contributed by atoms with Crippen LogP contribution in [-0.2, 0) is 4.79 Å². The van der Waals surface area contributed by atoms with Gasteiger partial charge in [0.2, 0.25) is 5.91 Å². The topological polar surface area (TPSA) is 72.9 Å². The van der Waals surface area contributed by atoms with E-state index in [0.29, 0.717) is 0 Å². The normalized spacial score (nSPS) is 15.2. The van der Waals surface area contributed by atoms with E-state index in [2.05, 4.69) is 10.4 Å². The molecule has 3 unspecified atom stereocenters. The summed E-state index contributed by atoms with van der Waals surface area (Å²) < 4.78 is 1.80. The second-order valence-corrected chi connectivity index (χ2v) is 5.42. The van der Waals surface area contributed by atoms with Crippen LogP contribution in [0.1, 0.15) is 32.4 Å². The maximum absolute atomic E-state index is 12.0. The highest BCUT2D eigenvalue weighted by molar-refractivity contribution is 5.79. The number of amides is 1. The number of rotatable bonds is 5. The largest absolute Gasteiger partial charge is 0.349 e. The first-order valence-corrected chi connectivity index (χ1v) is 7.15. The molecule has 1 aromatic carbocycles. The van der Waals surface area contributed by atoms with Crippen molar-refractivity contribution in [3.63, 3.8) is 0 Å². The molecule has 0 aliphatic rings. The van der Waals surface area contributed by atoms with Crippen LogP contribution in [0, 0.1) is 5.92 Å². The van der Waals surface area contributed by atoms with Crippen LogP contribution in [0.2, 0.25) is 0 Å². The van der Waals surface area contributed by atoms with Gasteiger partial charge in [-0.15, -0.1) is 0 Å². The van der Waals surface area contributed by atoms with E-state index >= 15 is 0 Å². The van der Waals surface area contributed by atoms with Gasteiger partial charge in [0, 0.05) is 24.4 Å². The third kappa shape index (κ3) is 3.70. The standard InChI is InChI=1S/C16H22N4O/c1-11(12(2)17)16(21)19-13(3)14-5-7-15(8-6-14)20-10-4-9-18-20/h4-13H,17H2,1-3H3,(H,19,21). The average Bonchev–Trinajstić information content (AvgIpc) is 3.00. The van der Waals surface area contributed by atoms with Crippen molar-refractivity contribution in [2.24, 2.45) is 11.7 Å². The van der Waals surface area contributed by atoms with E-state index < -0.39 is 0 Å². The van der Waals surface area contributed by atoms with Crippen molar-refractivity contribution in [3.8, 4) is 5.69 Å². The minimum atomic E-state index is -0.198. The number of aromatic nitrogens is 2. The van der Waals surface area contributed by atoms with Crippen LogP contribution < -0.4 is 11.1 Å². The van der Waals surface area contributed by atoms with Gasteiger partial charge < -0.3 is 11.1 Å². The Morgan fingerprint density at radius 2 is 1.90 bits per heavy atom. The molecule has 2 rings (SSSR count). The first-order chi connectivity index (χ1) is 9.99. The average molecular weight is 286 g/mol. The summed E-state index contributed by atoms with van der Waals surface area (Å²) in [6.45, 7) is 5.65. The minimum Gasteiger partial charge on any atom is -0.349 e. The number of carbonyl (C=O) groups is 1. The van der Waals surface area contributed by atoms with Crippen LogP contribution in [0.3, 0.4) is 0 Å². The monoisotopic (exact) mass is 286 g/mol. The summed E-state index contributed by atoms with van der Waals surface area (Å²) in [6, 6.07) is 9.65. The van der Waals surface area contributed by atoms with Gasteiger partial charge in [0.1, 0.15) is 0 Å². The number of hydrogen-bond donors (Lipinski definition) is 2. The fraction of sp³-hybridized carbons (Fsp3) is 0.375. The van der Waals surface area contributed by atoms with Gasteiger partial charge in [0.25, 0.3) is 0 Å². The van der Waals surface area contributed by atoms with Crippen LogP contribution in [-0.4, -0.2) is 21.7 Å². The maximum atomic E-state index is 12.0. The van der Waals surface area contributed by atoms with E-state index in [9.17, 15) is 4.79 Å². The molecule has 0 spiro atoms. The van der Waals surface area contributed by atoms with Gasteiger partial charge in [-0.1, -0.05) is 19.1 Å². The van der Waals surface area contributed by atoms with E-state index in [1.54, 1.807) is 10.9 Å². The molecule has 112 valence electrons. The summed E-state index contributed by atoms with van der Waals surface area (Å²) in [6.07, 6.45) is 3.64.